The van der Waals surface area contributed by atoms with Gasteiger partial charge in [-0.15, -0.1) is 0 Å². The molecule has 1 amide bonds. The summed E-state index contributed by atoms with van der Waals surface area (Å²) in [5, 5.41) is 16.0. The van der Waals surface area contributed by atoms with Crippen LogP contribution >= 0.6 is 11.8 Å². The number of aliphatic imine (C=N–C) groups is 1. The van der Waals surface area contributed by atoms with Gasteiger partial charge in [0.05, 0.1) is 19.2 Å². The normalized spacial score (nSPS) is 14.3. The van der Waals surface area contributed by atoms with Crippen LogP contribution in [0.3, 0.4) is 0 Å². The zero-order valence-corrected chi connectivity index (χ0v) is 21.3. The molecule has 6 N–H and O–H groups in total. The highest BCUT2D eigenvalue weighted by molar-refractivity contribution is 7.99. The number of anilines is 2. The number of nitrogens with one attached hydrogen (secondary N) is 2. The molecule has 0 aliphatic heterocycles. The highest BCUT2D eigenvalue weighted by Gasteiger charge is 2.29. The Kier molecular flexibility index (Phi) is 9.47. The predicted octanol–water partition coefficient (Wildman–Crippen LogP) is 2.89. The predicted molar refractivity (Wildman–Crippen MR) is 140 cm³/mol. The van der Waals surface area contributed by atoms with Crippen LogP contribution in [0.2, 0.25) is 0 Å². The Bertz CT molecular complexity index is 1060. The number of nitrogens with zero attached hydrogens (tertiary/aromatic N) is 4. The molecule has 10 nitrogen and oxygen atoms in total. The number of benzene rings is 1. The SMILES string of the molecule is CCCN(CCN(C)[O-])c1cc(N=C(N)/C=C(/C)N)nc(Sc2ccc(NC(=O)C3CC3)cc2)[nH+]1. The van der Waals surface area contributed by atoms with Gasteiger partial charge in [0, 0.05) is 28.7 Å². The quantitative estimate of drug-likeness (QED) is 0.175. The Morgan fingerprint density at radius 3 is 2.60 bits per heavy atom. The van der Waals surface area contributed by atoms with E-state index in [0.717, 1.165) is 47.3 Å². The number of nitrogens with two attached hydrogens (primary N) is 2. The van der Waals surface area contributed by atoms with Crippen molar-refractivity contribution in [3.8, 4) is 0 Å². The Morgan fingerprint density at radius 2 is 2.00 bits per heavy atom. The van der Waals surface area contributed by atoms with E-state index in [4.69, 9.17) is 11.5 Å². The second kappa shape index (κ2) is 12.5. The number of amidine groups is 1. The monoisotopic (exact) mass is 498 g/mol. The number of H-pyrrole nitrogens is 1. The summed E-state index contributed by atoms with van der Waals surface area (Å²) >= 11 is 1.43. The summed E-state index contributed by atoms with van der Waals surface area (Å²) in [5.41, 5.74) is 13.1. The zero-order chi connectivity index (χ0) is 25.4. The molecule has 0 radical (unpaired) electrons. The Labute approximate surface area is 210 Å². The molecule has 3 rings (SSSR count). The average Bonchev–Trinajstić information content (AvgIpc) is 3.62. The van der Waals surface area contributed by atoms with Gasteiger partial charge in [0.1, 0.15) is 5.84 Å². The molecule has 1 aromatic heterocycles. The number of amides is 1. The number of likely N-dealkylation sites (N-methyl/N-ethyl adjacent to an activating group) is 1. The third kappa shape index (κ3) is 8.85. The van der Waals surface area contributed by atoms with Gasteiger partial charge < -0.3 is 27.1 Å². The Morgan fingerprint density at radius 1 is 1.29 bits per heavy atom. The lowest BCUT2D eigenvalue weighted by Crippen LogP contribution is -2.36. The van der Waals surface area contributed by atoms with Crippen molar-refractivity contribution in [2.45, 2.75) is 43.2 Å². The summed E-state index contributed by atoms with van der Waals surface area (Å²) in [4.78, 5) is 27.4. The highest BCUT2D eigenvalue weighted by atomic mass is 32.2. The molecule has 1 aliphatic rings. The van der Waals surface area contributed by atoms with Gasteiger partial charge >= 0.3 is 5.16 Å². The fourth-order valence-corrected chi connectivity index (χ4v) is 4.09. The van der Waals surface area contributed by atoms with Gasteiger partial charge in [-0.2, -0.15) is 4.99 Å². The molecule has 1 heterocycles. The van der Waals surface area contributed by atoms with E-state index in [-0.39, 0.29) is 17.7 Å². The van der Waals surface area contributed by atoms with Gasteiger partial charge in [0.2, 0.25) is 17.5 Å². The van der Waals surface area contributed by atoms with Crippen LogP contribution in [0.4, 0.5) is 17.3 Å². The first kappa shape index (κ1) is 26.5. The summed E-state index contributed by atoms with van der Waals surface area (Å²) < 4.78 is 0. The van der Waals surface area contributed by atoms with Crippen molar-refractivity contribution in [2.75, 3.05) is 36.9 Å². The molecule has 1 aliphatic carbocycles. The minimum absolute atomic E-state index is 0.0784. The average molecular weight is 499 g/mol. The molecule has 1 fully saturated rings. The smallest absolute Gasteiger partial charge is 0.303 e. The molecule has 11 heteroatoms. The number of carbonyl (C=O) groups is 1. The molecule has 0 spiro atoms. The van der Waals surface area contributed by atoms with Gasteiger partial charge in [-0.05, 0) is 75.3 Å². The molecular weight excluding hydrogens is 464 g/mol. The van der Waals surface area contributed by atoms with Gasteiger partial charge in [-0.3, -0.25) is 9.69 Å². The summed E-state index contributed by atoms with van der Waals surface area (Å²) in [6.07, 6.45) is 4.42. The number of hydroxylamine groups is 2. The van der Waals surface area contributed by atoms with E-state index in [1.807, 2.05) is 30.3 Å². The number of allylic oxidation sites excluding steroid dienone is 1. The fourth-order valence-electron chi connectivity index (χ4n) is 3.30. The lowest BCUT2D eigenvalue weighted by molar-refractivity contribution is -0.420. The van der Waals surface area contributed by atoms with Crippen molar-refractivity contribution in [2.24, 2.45) is 22.4 Å². The molecule has 1 saturated carbocycles. The highest BCUT2D eigenvalue weighted by Crippen LogP contribution is 2.31. The van der Waals surface area contributed by atoms with Crippen LogP contribution < -0.4 is 26.7 Å². The van der Waals surface area contributed by atoms with Crippen molar-refractivity contribution in [1.29, 1.82) is 0 Å². The first-order valence-corrected chi connectivity index (χ1v) is 12.5. The minimum atomic E-state index is 0.0784. The van der Waals surface area contributed by atoms with Crippen LogP contribution in [0.25, 0.3) is 0 Å². The molecule has 0 unspecified atom stereocenters. The van der Waals surface area contributed by atoms with Gasteiger partial charge in [-0.25, -0.2) is 4.98 Å². The van der Waals surface area contributed by atoms with E-state index < -0.39 is 0 Å². The van der Waals surface area contributed by atoms with E-state index in [0.29, 0.717) is 29.8 Å². The van der Waals surface area contributed by atoms with E-state index in [2.05, 4.69) is 32.1 Å². The molecule has 188 valence electrons. The van der Waals surface area contributed by atoms with E-state index in [1.165, 1.54) is 18.8 Å². The maximum Gasteiger partial charge on any atom is 0.303 e. The van der Waals surface area contributed by atoms with Crippen molar-refractivity contribution < 1.29 is 9.78 Å². The van der Waals surface area contributed by atoms with E-state index in [1.54, 1.807) is 13.0 Å². The lowest BCUT2D eigenvalue weighted by atomic mass is 10.3. The largest absolute Gasteiger partial charge is 0.785 e. The topological polar surface area (TPSA) is 150 Å². The molecule has 35 heavy (non-hydrogen) atoms. The van der Waals surface area contributed by atoms with Crippen LogP contribution in [0.15, 0.2) is 57.1 Å². The number of hydrogen-bond acceptors (Lipinski definition) is 8. The fraction of sp³-hybridized carbons (Fsp3) is 0.417. The van der Waals surface area contributed by atoms with Crippen molar-refractivity contribution >= 4 is 40.8 Å². The number of carbonyl (C=O) groups excluding carboxylic acids is 1. The maximum atomic E-state index is 12.0. The first-order valence-electron chi connectivity index (χ1n) is 11.7. The Balaban J connectivity index is 1.86. The number of rotatable bonds is 12. The van der Waals surface area contributed by atoms with Crippen molar-refractivity contribution in [3.63, 3.8) is 0 Å². The van der Waals surface area contributed by atoms with E-state index in [9.17, 15) is 10.0 Å². The van der Waals surface area contributed by atoms with Gasteiger partial charge in [-0.1, -0.05) is 11.9 Å². The summed E-state index contributed by atoms with van der Waals surface area (Å²) in [6, 6.07) is 9.44. The number of aromatic nitrogens is 2. The summed E-state index contributed by atoms with van der Waals surface area (Å²) in [6.45, 7) is 5.49. The maximum absolute atomic E-state index is 12.0. The Hall–Kier alpha value is -3.15. The lowest BCUT2D eigenvalue weighted by Gasteiger charge is -2.26. The van der Waals surface area contributed by atoms with Gasteiger partial charge in [0.15, 0.2) is 0 Å². The summed E-state index contributed by atoms with van der Waals surface area (Å²) in [7, 11) is 1.51. The van der Waals surface area contributed by atoms with Crippen LogP contribution in [-0.4, -0.2) is 48.5 Å². The van der Waals surface area contributed by atoms with Crippen LogP contribution in [0.1, 0.15) is 33.1 Å². The van der Waals surface area contributed by atoms with Crippen LogP contribution in [0, 0.1) is 11.1 Å². The second-order valence-electron chi connectivity index (χ2n) is 8.58. The molecule has 0 saturated heterocycles. The third-order valence-corrected chi connectivity index (χ3v) is 6.03. The third-order valence-electron chi connectivity index (χ3n) is 5.14. The second-order valence-corrected chi connectivity index (χ2v) is 9.65. The molecule has 0 atom stereocenters. The zero-order valence-electron chi connectivity index (χ0n) is 20.5. The first-order chi connectivity index (χ1) is 16.7. The van der Waals surface area contributed by atoms with Crippen LogP contribution in [0.5, 0.6) is 0 Å². The molecule has 2 aromatic rings. The molecular formula is C24H34N8O2S. The number of aromatic amines is 1. The van der Waals surface area contributed by atoms with Gasteiger partial charge in [0.25, 0.3) is 0 Å². The van der Waals surface area contributed by atoms with Crippen molar-refractivity contribution in [1.82, 2.24) is 10.0 Å². The van der Waals surface area contributed by atoms with E-state index >= 15 is 0 Å². The molecule has 1 aromatic carbocycles. The molecule has 0 bridgehead atoms. The van der Waals surface area contributed by atoms with Crippen LogP contribution in [-0.2, 0) is 4.79 Å². The van der Waals surface area contributed by atoms with Crippen molar-refractivity contribution in [3.05, 3.63) is 47.3 Å². The minimum Gasteiger partial charge on any atom is -0.785 e. The number of hydrogen-bond donors (Lipinski definition) is 3. The summed E-state index contributed by atoms with van der Waals surface area (Å²) in [5.74, 6) is 1.71. The standard InChI is InChI=1S/C24H33N8O2S/c1-4-11-32(13-12-31(3)34)22-15-21(28-20(26)14-16(2)25)29-24(30-22)35-19-9-7-18(8-10-19)27-23(33)17-5-6-17/h7-10,14-15,17H,4-6,11-13,25H2,1-3H3,(H,27,33)(H2,26,28,29,30)/q-1/p+1/b16-14-.